The molecule has 1 atom stereocenters. The van der Waals surface area contributed by atoms with Crippen LogP contribution in [-0.2, 0) is 13.0 Å². The summed E-state index contributed by atoms with van der Waals surface area (Å²) in [5.41, 5.74) is 2.39. The largest absolute Gasteiger partial charge is 0.345 e. The highest BCUT2D eigenvalue weighted by Gasteiger charge is 2.26. The first kappa shape index (κ1) is 15.2. The Hall–Kier alpha value is -1.68. The van der Waals surface area contributed by atoms with Crippen LogP contribution in [0, 0.1) is 5.82 Å². The van der Waals surface area contributed by atoms with E-state index in [0.717, 1.165) is 31.8 Å². The van der Waals surface area contributed by atoms with Crippen molar-refractivity contribution >= 4 is 0 Å². The minimum atomic E-state index is -0.164. The second-order valence-electron chi connectivity index (χ2n) is 6.14. The van der Waals surface area contributed by atoms with E-state index in [2.05, 4.69) is 21.8 Å². The van der Waals surface area contributed by atoms with Gasteiger partial charge in [-0.15, -0.1) is 0 Å². The van der Waals surface area contributed by atoms with E-state index in [1.54, 1.807) is 12.1 Å². The molecule has 0 saturated carbocycles. The molecule has 1 saturated heterocycles. The molecule has 0 spiro atoms. The monoisotopic (exact) mass is 301 g/mol. The topological polar surface area (TPSA) is 31.9 Å². The van der Waals surface area contributed by atoms with Gasteiger partial charge in [-0.2, -0.15) is 0 Å². The summed E-state index contributed by atoms with van der Waals surface area (Å²) in [7, 11) is 0. The van der Waals surface area contributed by atoms with Gasteiger partial charge in [0, 0.05) is 30.9 Å². The van der Waals surface area contributed by atoms with Crippen molar-refractivity contribution in [2.75, 3.05) is 6.54 Å². The van der Waals surface area contributed by atoms with Crippen molar-refractivity contribution < 1.29 is 4.39 Å². The van der Waals surface area contributed by atoms with Gasteiger partial charge in [0.1, 0.15) is 11.6 Å². The van der Waals surface area contributed by atoms with Crippen molar-refractivity contribution in [2.24, 2.45) is 0 Å². The summed E-state index contributed by atoms with van der Waals surface area (Å²) in [4.78, 5) is 10.4. The molecule has 1 aromatic heterocycles. The summed E-state index contributed by atoms with van der Waals surface area (Å²) >= 11 is 0. The predicted octanol–water partition coefficient (Wildman–Crippen LogP) is 4.23. The minimum absolute atomic E-state index is 0.164. The number of aromatic amines is 1. The fraction of sp³-hybridized carbons (Fsp3) is 0.500. The zero-order valence-electron chi connectivity index (χ0n) is 13.2. The van der Waals surface area contributed by atoms with Gasteiger partial charge in [-0.3, -0.25) is 4.90 Å². The van der Waals surface area contributed by atoms with Crippen LogP contribution in [-0.4, -0.2) is 21.4 Å². The number of aryl methyl sites for hydroxylation is 1. The first-order valence-corrected chi connectivity index (χ1v) is 8.28. The smallest absolute Gasteiger partial charge is 0.123 e. The molecular formula is C18H24FN3. The van der Waals surface area contributed by atoms with Crippen molar-refractivity contribution in [2.45, 2.75) is 51.6 Å². The fourth-order valence-corrected chi connectivity index (χ4v) is 3.25. The Balaban J connectivity index is 1.65. The van der Waals surface area contributed by atoms with Gasteiger partial charge in [0.2, 0.25) is 0 Å². The van der Waals surface area contributed by atoms with Crippen LogP contribution < -0.4 is 0 Å². The van der Waals surface area contributed by atoms with Gasteiger partial charge in [0.15, 0.2) is 0 Å². The van der Waals surface area contributed by atoms with E-state index in [0.29, 0.717) is 6.04 Å². The molecule has 1 N–H and O–H groups in total. The molecular weight excluding hydrogens is 277 g/mol. The molecule has 1 aromatic carbocycles. The number of rotatable bonds is 6. The standard InChI is InChI=1S/C18H24FN3/c1-2-3-6-18-20-12-16(21-18)13-22-11-4-5-17(22)14-7-9-15(19)10-8-14/h7-10,12,17H,2-6,11,13H2,1H3,(H,20,21)/t17-/m1/s1. The quantitative estimate of drug-likeness (QED) is 0.866. The lowest BCUT2D eigenvalue weighted by molar-refractivity contribution is 0.245. The zero-order chi connectivity index (χ0) is 15.4. The van der Waals surface area contributed by atoms with Gasteiger partial charge in [0.05, 0.1) is 0 Å². The molecule has 2 aromatic rings. The third-order valence-electron chi connectivity index (χ3n) is 4.44. The Labute approximate surface area is 131 Å². The van der Waals surface area contributed by atoms with E-state index in [-0.39, 0.29) is 5.82 Å². The maximum atomic E-state index is 13.1. The Morgan fingerprint density at radius 2 is 2.14 bits per heavy atom. The summed E-state index contributed by atoms with van der Waals surface area (Å²) in [5, 5.41) is 0. The molecule has 1 aliphatic heterocycles. The van der Waals surface area contributed by atoms with Crippen LogP contribution in [0.15, 0.2) is 30.5 Å². The molecule has 4 heteroatoms. The first-order chi connectivity index (χ1) is 10.8. The van der Waals surface area contributed by atoms with Crippen molar-refractivity contribution in [3.05, 3.63) is 53.4 Å². The van der Waals surface area contributed by atoms with Crippen LogP contribution >= 0.6 is 0 Å². The van der Waals surface area contributed by atoms with Crippen molar-refractivity contribution in [1.29, 1.82) is 0 Å². The molecule has 3 rings (SSSR count). The number of halogens is 1. The van der Waals surface area contributed by atoms with E-state index < -0.39 is 0 Å². The predicted molar refractivity (Wildman–Crippen MR) is 86.0 cm³/mol. The Morgan fingerprint density at radius 1 is 1.32 bits per heavy atom. The molecule has 3 nitrogen and oxygen atoms in total. The van der Waals surface area contributed by atoms with Gasteiger partial charge < -0.3 is 4.98 Å². The van der Waals surface area contributed by atoms with E-state index in [4.69, 9.17) is 0 Å². The van der Waals surface area contributed by atoms with E-state index >= 15 is 0 Å². The number of H-pyrrole nitrogens is 1. The van der Waals surface area contributed by atoms with E-state index in [1.807, 2.05) is 18.3 Å². The number of hydrogen-bond donors (Lipinski definition) is 1. The van der Waals surface area contributed by atoms with Crippen LogP contribution in [0.2, 0.25) is 0 Å². The summed E-state index contributed by atoms with van der Waals surface area (Å²) in [6, 6.07) is 7.34. The maximum absolute atomic E-state index is 13.1. The Morgan fingerprint density at radius 3 is 2.91 bits per heavy atom. The average Bonchev–Trinajstić information content (AvgIpc) is 3.16. The lowest BCUT2D eigenvalue weighted by Crippen LogP contribution is -2.23. The van der Waals surface area contributed by atoms with Gasteiger partial charge in [0.25, 0.3) is 0 Å². The van der Waals surface area contributed by atoms with Crippen molar-refractivity contribution in [3.63, 3.8) is 0 Å². The molecule has 22 heavy (non-hydrogen) atoms. The third kappa shape index (κ3) is 3.55. The highest BCUT2D eigenvalue weighted by atomic mass is 19.1. The number of likely N-dealkylation sites (tertiary alicyclic amines) is 1. The SMILES string of the molecule is CCCCc1ncc(CN2CCC[C@@H]2c2ccc(F)cc2)[nH]1. The Bertz CT molecular complexity index is 591. The van der Waals surface area contributed by atoms with E-state index in [9.17, 15) is 4.39 Å². The molecule has 0 bridgehead atoms. The summed E-state index contributed by atoms with van der Waals surface area (Å²) in [5.74, 6) is 0.928. The number of hydrogen-bond acceptors (Lipinski definition) is 2. The lowest BCUT2D eigenvalue weighted by Gasteiger charge is -2.24. The maximum Gasteiger partial charge on any atom is 0.123 e. The number of unbranched alkanes of at least 4 members (excludes halogenated alkanes) is 1. The van der Waals surface area contributed by atoms with Crippen molar-refractivity contribution in [1.82, 2.24) is 14.9 Å². The molecule has 0 unspecified atom stereocenters. The first-order valence-electron chi connectivity index (χ1n) is 8.28. The fourth-order valence-electron chi connectivity index (χ4n) is 3.25. The normalized spacial score (nSPS) is 18.9. The van der Waals surface area contributed by atoms with Gasteiger partial charge in [-0.05, 0) is 43.5 Å². The molecule has 1 fully saturated rings. The summed E-state index contributed by atoms with van der Waals surface area (Å²) in [6.07, 6.45) is 7.69. The molecule has 0 radical (unpaired) electrons. The minimum Gasteiger partial charge on any atom is -0.345 e. The van der Waals surface area contributed by atoms with Gasteiger partial charge in [-0.25, -0.2) is 9.37 Å². The van der Waals surface area contributed by atoms with Crippen LogP contribution in [0.25, 0.3) is 0 Å². The number of nitrogens with zero attached hydrogens (tertiary/aromatic N) is 2. The highest BCUT2D eigenvalue weighted by Crippen LogP contribution is 2.32. The van der Waals surface area contributed by atoms with Crippen LogP contribution in [0.5, 0.6) is 0 Å². The number of nitrogens with one attached hydrogen (secondary N) is 1. The molecule has 1 aliphatic rings. The number of benzene rings is 1. The van der Waals surface area contributed by atoms with Crippen LogP contribution in [0.1, 0.15) is 55.7 Å². The lowest BCUT2D eigenvalue weighted by atomic mass is 10.0. The average molecular weight is 301 g/mol. The van der Waals surface area contributed by atoms with Crippen LogP contribution in [0.4, 0.5) is 4.39 Å². The van der Waals surface area contributed by atoms with Crippen LogP contribution in [0.3, 0.4) is 0 Å². The van der Waals surface area contributed by atoms with Crippen molar-refractivity contribution in [3.8, 4) is 0 Å². The molecule has 118 valence electrons. The van der Waals surface area contributed by atoms with E-state index in [1.165, 1.54) is 30.5 Å². The second kappa shape index (κ2) is 7.05. The molecule has 0 aliphatic carbocycles. The Kier molecular flexibility index (Phi) is 4.88. The van der Waals surface area contributed by atoms with Gasteiger partial charge >= 0.3 is 0 Å². The summed E-state index contributed by atoms with van der Waals surface area (Å²) in [6.45, 7) is 4.17. The zero-order valence-corrected chi connectivity index (χ0v) is 13.2. The number of imidazole rings is 1. The highest BCUT2D eigenvalue weighted by molar-refractivity contribution is 5.21. The summed E-state index contributed by atoms with van der Waals surface area (Å²) < 4.78 is 13.1. The molecule has 2 heterocycles. The molecule has 0 amide bonds. The third-order valence-corrected chi connectivity index (χ3v) is 4.44. The van der Waals surface area contributed by atoms with Gasteiger partial charge in [-0.1, -0.05) is 25.5 Å². The second-order valence-corrected chi connectivity index (χ2v) is 6.14. The number of aromatic nitrogens is 2.